The van der Waals surface area contributed by atoms with Crippen LogP contribution in [-0.4, -0.2) is 6.61 Å². The average molecular weight is 399 g/mol. The van der Waals surface area contributed by atoms with Crippen molar-refractivity contribution in [1.29, 1.82) is 0 Å². The lowest BCUT2D eigenvalue weighted by molar-refractivity contribution is 0.362. The zero-order valence-electron chi connectivity index (χ0n) is 11.0. The molecule has 0 atom stereocenters. The van der Waals surface area contributed by atoms with E-state index in [2.05, 4.69) is 0 Å². The van der Waals surface area contributed by atoms with Crippen LogP contribution in [0.4, 0.5) is 0 Å². The monoisotopic (exact) mass is 396 g/mol. The van der Waals surface area contributed by atoms with Gasteiger partial charge in [0.15, 0.2) is 0 Å². The van der Waals surface area contributed by atoms with Crippen LogP contribution in [0.15, 0.2) is 47.0 Å². The van der Waals surface area contributed by atoms with E-state index < -0.39 is 0 Å². The predicted molar refractivity (Wildman–Crippen MR) is 93.3 cm³/mol. The van der Waals surface area contributed by atoms with E-state index in [9.17, 15) is 0 Å². The van der Waals surface area contributed by atoms with Crippen LogP contribution < -0.4 is 9.47 Å². The molecule has 0 fully saturated rings. The highest BCUT2D eigenvalue weighted by atomic mass is 35.5. The van der Waals surface area contributed by atoms with Crippen LogP contribution >= 0.6 is 58.0 Å². The molecule has 0 aliphatic rings. The second kappa shape index (κ2) is 8.19. The van der Waals surface area contributed by atoms with E-state index in [4.69, 9.17) is 67.5 Å². The molecule has 0 heterocycles. The van der Waals surface area contributed by atoms with Crippen molar-refractivity contribution in [3.8, 4) is 17.2 Å². The van der Waals surface area contributed by atoms with Crippen LogP contribution in [0.5, 0.6) is 17.2 Å². The molecule has 0 N–H and O–H groups in total. The van der Waals surface area contributed by atoms with Gasteiger partial charge in [-0.05, 0) is 36.4 Å². The van der Waals surface area contributed by atoms with Gasteiger partial charge in [0.1, 0.15) is 28.3 Å². The molecule has 116 valence electrons. The Morgan fingerprint density at radius 1 is 0.909 bits per heavy atom. The molecule has 0 aliphatic carbocycles. The predicted octanol–water partition coefficient (Wildman–Crippen LogP) is 7.14. The molecule has 0 aromatic heterocycles. The van der Waals surface area contributed by atoms with Crippen molar-refractivity contribution in [3.63, 3.8) is 0 Å². The summed E-state index contributed by atoms with van der Waals surface area (Å²) in [5, 5.41) is 1.36. The number of hydrogen-bond acceptors (Lipinski definition) is 2. The third kappa shape index (κ3) is 5.45. The fraction of sp³-hybridized carbons (Fsp3) is 0.0667. The summed E-state index contributed by atoms with van der Waals surface area (Å²) < 4.78 is 11.2. The van der Waals surface area contributed by atoms with Crippen LogP contribution in [0.1, 0.15) is 0 Å². The molecule has 2 rings (SSSR count). The molecule has 0 radical (unpaired) electrons. The van der Waals surface area contributed by atoms with Gasteiger partial charge in [0.25, 0.3) is 0 Å². The highest BCUT2D eigenvalue weighted by Gasteiger charge is 2.06. The topological polar surface area (TPSA) is 18.5 Å². The number of hydrogen-bond donors (Lipinski definition) is 0. The third-order valence-corrected chi connectivity index (χ3v) is 3.49. The molecule has 0 spiro atoms. The molecule has 0 saturated carbocycles. The Hall–Kier alpha value is -0.770. The van der Waals surface area contributed by atoms with Crippen LogP contribution in [0.3, 0.4) is 0 Å². The summed E-state index contributed by atoms with van der Waals surface area (Å²) in [7, 11) is 0. The summed E-state index contributed by atoms with van der Waals surface area (Å²) >= 11 is 29.0. The summed E-state index contributed by atoms with van der Waals surface area (Å²) in [6, 6.07) is 9.94. The lowest BCUT2D eigenvalue weighted by Gasteiger charge is -2.10. The van der Waals surface area contributed by atoms with Crippen molar-refractivity contribution >= 4 is 58.0 Å². The van der Waals surface area contributed by atoms with E-state index in [0.29, 0.717) is 32.3 Å². The fourth-order valence-electron chi connectivity index (χ4n) is 1.58. The summed E-state index contributed by atoms with van der Waals surface area (Å²) in [5.41, 5.74) is 0. The van der Waals surface area contributed by atoms with E-state index in [1.165, 1.54) is 6.08 Å². The molecular formula is C15H9Cl5O2. The van der Waals surface area contributed by atoms with Crippen molar-refractivity contribution < 1.29 is 9.47 Å². The Kier molecular flexibility index (Phi) is 6.54. The highest BCUT2D eigenvalue weighted by Crippen LogP contribution is 2.33. The van der Waals surface area contributed by atoms with E-state index >= 15 is 0 Å². The molecule has 2 aromatic rings. The molecule has 0 unspecified atom stereocenters. The number of ether oxygens (including phenoxy) is 2. The van der Waals surface area contributed by atoms with Crippen molar-refractivity contribution in [2.24, 2.45) is 0 Å². The Balaban J connectivity index is 2.10. The summed E-state index contributed by atoms with van der Waals surface area (Å²) in [5.74, 6) is 1.53. The third-order valence-electron chi connectivity index (χ3n) is 2.45. The maximum atomic E-state index is 6.13. The van der Waals surface area contributed by atoms with Gasteiger partial charge in [-0.15, -0.1) is 0 Å². The lowest BCUT2D eigenvalue weighted by atomic mass is 10.3. The summed E-state index contributed by atoms with van der Waals surface area (Å²) in [6.07, 6.45) is 1.51. The first-order valence-corrected chi connectivity index (χ1v) is 7.90. The van der Waals surface area contributed by atoms with Crippen molar-refractivity contribution in [3.05, 3.63) is 62.0 Å². The SMILES string of the molecule is ClC(Cl)=CCOc1ccc(Oc2cc(Cl)cc(Cl)c2)cc1Cl. The largest absolute Gasteiger partial charge is 0.488 e. The maximum absolute atomic E-state index is 6.13. The molecular weight excluding hydrogens is 389 g/mol. The number of rotatable bonds is 5. The molecule has 0 amide bonds. The summed E-state index contributed by atoms with van der Waals surface area (Å²) in [6.45, 7) is 0.214. The minimum absolute atomic E-state index is 0.133. The Labute approximate surface area is 153 Å². The summed E-state index contributed by atoms with van der Waals surface area (Å²) in [4.78, 5) is 0. The minimum Gasteiger partial charge on any atom is -0.488 e. The van der Waals surface area contributed by atoms with Gasteiger partial charge in [-0.2, -0.15) is 0 Å². The van der Waals surface area contributed by atoms with Gasteiger partial charge in [-0.1, -0.05) is 58.0 Å². The van der Waals surface area contributed by atoms with E-state index in [1.54, 1.807) is 36.4 Å². The van der Waals surface area contributed by atoms with Gasteiger partial charge in [-0.25, -0.2) is 0 Å². The van der Waals surface area contributed by atoms with E-state index in [-0.39, 0.29) is 11.1 Å². The first-order valence-electron chi connectivity index (χ1n) is 6.01. The lowest BCUT2D eigenvalue weighted by Crippen LogP contribution is -1.94. The van der Waals surface area contributed by atoms with Crippen LogP contribution in [-0.2, 0) is 0 Å². The Bertz CT molecular complexity index is 676. The van der Waals surface area contributed by atoms with Crippen molar-refractivity contribution in [2.45, 2.75) is 0 Å². The standard InChI is InChI=1S/C15H9Cl5O2/c16-9-5-10(17)7-12(6-9)22-11-1-2-14(13(18)8-11)21-4-3-15(19)20/h1-3,5-8H,4H2. The van der Waals surface area contributed by atoms with Gasteiger partial charge in [-0.3, -0.25) is 0 Å². The van der Waals surface area contributed by atoms with Gasteiger partial charge in [0.05, 0.1) is 5.02 Å². The number of benzene rings is 2. The minimum atomic E-state index is 0.133. The zero-order chi connectivity index (χ0) is 16.1. The van der Waals surface area contributed by atoms with Crippen LogP contribution in [0, 0.1) is 0 Å². The maximum Gasteiger partial charge on any atom is 0.138 e. The average Bonchev–Trinajstić information content (AvgIpc) is 2.39. The van der Waals surface area contributed by atoms with Gasteiger partial charge < -0.3 is 9.47 Å². The zero-order valence-corrected chi connectivity index (χ0v) is 14.7. The first-order chi connectivity index (χ1) is 10.4. The van der Waals surface area contributed by atoms with Crippen LogP contribution in [0.2, 0.25) is 15.1 Å². The number of halogens is 5. The molecule has 2 nitrogen and oxygen atoms in total. The first kappa shape index (κ1) is 17.6. The van der Waals surface area contributed by atoms with Crippen molar-refractivity contribution in [1.82, 2.24) is 0 Å². The Morgan fingerprint density at radius 2 is 1.59 bits per heavy atom. The molecule has 0 aliphatic heterocycles. The van der Waals surface area contributed by atoms with E-state index in [1.807, 2.05) is 0 Å². The quantitative estimate of drug-likeness (QED) is 0.533. The Morgan fingerprint density at radius 3 is 2.18 bits per heavy atom. The normalized spacial score (nSPS) is 10.2. The molecule has 0 bridgehead atoms. The second-order valence-corrected chi connectivity index (χ2v) is 6.39. The van der Waals surface area contributed by atoms with Crippen LogP contribution in [0.25, 0.3) is 0 Å². The van der Waals surface area contributed by atoms with Gasteiger partial charge in [0.2, 0.25) is 0 Å². The molecule has 7 heteroatoms. The highest BCUT2D eigenvalue weighted by molar-refractivity contribution is 6.55. The van der Waals surface area contributed by atoms with Crippen molar-refractivity contribution in [2.75, 3.05) is 6.61 Å². The van der Waals surface area contributed by atoms with Gasteiger partial charge >= 0.3 is 0 Å². The molecule has 22 heavy (non-hydrogen) atoms. The smallest absolute Gasteiger partial charge is 0.138 e. The van der Waals surface area contributed by atoms with Gasteiger partial charge in [0, 0.05) is 16.1 Å². The van der Waals surface area contributed by atoms with E-state index in [0.717, 1.165) is 0 Å². The second-order valence-electron chi connectivity index (χ2n) is 4.10. The molecule has 0 saturated heterocycles. The fourth-order valence-corrected chi connectivity index (χ4v) is 2.44. The molecule has 2 aromatic carbocycles.